The molecule has 0 spiro atoms. The molecule has 0 aliphatic heterocycles. The van der Waals surface area contributed by atoms with Crippen LogP contribution in [0, 0.1) is 0 Å². The molecule has 0 N–H and O–H groups in total. The van der Waals surface area contributed by atoms with E-state index < -0.39 is 0 Å². The van der Waals surface area contributed by atoms with Crippen LogP contribution in [0.15, 0.2) is 0 Å². The zero-order valence-electron chi connectivity index (χ0n) is 16.4. The number of nitrogens with zero attached hydrogens (tertiary/aromatic N) is 2. The van der Waals surface area contributed by atoms with Gasteiger partial charge in [-0.3, -0.25) is 0 Å². The van der Waals surface area contributed by atoms with Crippen molar-refractivity contribution in [2.75, 3.05) is 0 Å². The van der Waals surface area contributed by atoms with E-state index in [9.17, 15) is 0 Å². The van der Waals surface area contributed by atoms with Gasteiger partial charge in [0.05, 0.1) is 4.58 Å². The molecule has 0 aromatic carbocycles. The quantitative estimate of drug-likeness (QED) is 0.296. The molecule has 0 aromatic heterocycles. The van der Waals surface area contributed by atoms with Crippen molar-refractivity contribution in [3.05, 3.63) is 0 Å². The highest BCUT2D eigenvalue weighted by atomic mass is 32.2. The highest BCUT2D eigenvalue weighted by Gasteiger charge is 2.25. The Hall–Kier alpha value is 0.620. The van der Waals surface area contributed by atoms with Gasteiger partial charge in [-0.2, -0.15) is 0 Å². The van der Waals surface area contributed by atoms with Gasteiger partial charge in [0.15, 0.2) is 0 Å². The van der Waals surface area contributed by atoms with Crippen LogP contribution in [0.2, 0.25) is 0 Å². The summed E-state index contributed by atoms with van der Waals surface area (Å²) in [6.07, 6.45) is 4.87. The molecule has 22 heavy (non-hydrogen) atoms. The molecule has 0 aliphatic rings. The highest BCUT2D eigenvalue weighted by Crippen LogP contribution is 2.36. The fourth-order valence-corrected chi connectivity index (χ4v) is 5.23. The van der Waals surface area contributed by atoms with Crippen LogP contribution in [0.4, 0.5) is 0 Å². The van der Waals surface area contributed by atoms with Gasteiger partial charge in [-0.15, -0.1) is 0 Å². The predicted octanol–water partition coefficient (Wildman–Crippen LogP) is 6.43. The summed E-state index contributed by atoms with van der Waals surface area (Å²) in [7, 11) is 0. The maximum Gasteiger partial charge on any atom is 0.0768 e. The third-order valence-electron chi connectivity index (χ3n) is 4.64. The van der Waals surface area contributed by atoms with E-state index in [1.165, 1.54) is 25.7 Å². The number of rotatable bonds is 12. The molecule has 0 saturated heterocycles. The van der Waals surface area contributed by atoms with Gasteiger partial charge in [0.1, 0.15) is 0 Å². The minimum Gasteiger partial charge on any atom is -0.244 e. The Balaban J connectivity index is 4.80. The van der Waals surface area contributed by atoms with Gasteiger partial charge >= 0.3 is 0 Å². The fourth-order valence-electron chi connectivity index (χ4n) is 2.37. The maximum absolute atomic E-state index is 2.63. The van der Waals surface area contributed by atoms with Crippen molar-refractivity contribution in [3.63, 3.8) is 0 Å². The lowest BCUT2D eigenvalue weighted by Gasteiger charge is -2.38. The van der Waals surface area contributed by atoms with Gasteiger partial charge < -0.3 is 0 Å². The molecule has 0 heterocycles. The summed E-state index contributed by atoms with van der Waals surface area (Å²) in [5, 5.41) is 0. The standard InChI is InChI=1S/C18H40N2S2/c1-10-14(5)19(15(6)11-2)21-18(9)22-20(16(7)12-3)17(8)13-4/h14-18H,10-13H2,1-9H3. The van der Waals surface area contributed by atoms with Crippen molar-refractivity contribution < 1.29 is 0 Å². The van der Waals surface area contributed by atoms with E-state index in [0.717, 1.165) is 0 Å². The molecule has 4 heteroatoms. The van der Waals surface area contributed by atoms with Crippen molar-refractivity contribution >= 4 is 23.9 Å². The van der Waals surface area contributed by atoms with Crippen LogP contribution in [-0.4, -0.2) is 37.4 Å². The van der Waals surface area contributed by atoms with Crippen LogP contribution >= 0.6 is 23.9 Å². The van der Waals surface area contributed by atoms with E-state index in [1.807, 2.05) is 23.9 Å². The summed E-state index contributed by atoms with van der Waals surface area (Å²) >= 11 is 4.10. The minimum absolute atomic E-state index is 0.561. The first-order chi connectivity index (χ1) is 10.3. The van der Waals surface area contributed by atoms with Crippen molar-refractivity contribution in [1.82, 2.24) is 8.61 Å². The summed E-state index contributed by atoms with van der Waals surface area (Å²) < 4.78 is 5.82. The zero-order valence-corrected chi connectivity index (χ0v) is 18.1. The maximum atomic E-state index is 2.63. The SMILES string of the molecule is CCC(C)N(SC(C)SN(C(C)CC)C(C)CC)C(C)CC. The first-order valence-electron chi connectivity index (χ1n) is 9.22. The molecular weight excluding hydrogens is 308 g/mol. The minimum atomic E-state index is 0.561. The number of hydrogen-bond donors (Lipinski definition) is 0. The monoisotopic (exact) mass is 348 g/mol. The molecule has 0 aliphatic carbocycles. The average molecular weight is 349 g/mol. The third-order valence-corrected chi connectivity index (χ3v) is 7.68. The molecule has 2 nitrogen and oxygen atoms in total. The van der Waals surface area contributed by atoms with Crippen LogP contribution < -0.4 is 0 Å². The van der Waals surface area contributed by atoms with Crippen LogP contribution in [0.1, 0.15) is 88.0 Å². The van der Waals surface area contributed by atoms with Crippen LogP contribution in [-0.2, 0) is 0 Å². The lowest BCUT2D eigenvalue weighted by Crippen LogP contribution is -2.38. The summed E-state index contributed by atoms with van der Waals surface area (Å²) in [5.41, 5.74) is 0. The van der Waals surface area contributed by atoms with Gasteiger partial charge in [0, 0.05) is 24.2 Å². The second-order valence-electron chi connectivity index (χ2n) is 6.53. The molecule has 134 valence electrons. The van der Waals surface area contributed by atoms with Gasteiger partial charge in [-0.1, -0.05) is 51.6 Å². The molecule has 0 amide bonds. The summed E-state index contributed by atoms with van der Waals surface area (Å²) in [5.74, 6) is 0. The van der Waals surface area contributed by atoms with Crippen LogP contribution in [0.25, 0.3) is 0 Å². The Morgan fingerprint density at radius 3 is 0.955 bits per heavy atom. The second kappa shape index (κ2) is 12.0. The van der Waals surface area contributed by atoms with Gasteiger partial charge in [-0.05, 0) is 60.3 Å². The normalized spacial score (nSPS) is 19.2. The lowest BCUT2D eigenvalue weighted by atomic mass is 10.2. The van der Waals surface area contributed by atoms with E-state index in [2.05, 4.69) is 70.9 Å². The van der Waals surface area contributed by atoms with Gasteiger partial charge in [-0.25, -0.2) is 8.61 Å². The molecule has 4 atom stereocenters. The van der Waals surface area contributed by atoms with E-state index in [0.29, 0.717) is 28.7 Å². The molecule has 0 fully saturated rings. The van der Waals surface area contributed by atoms with Crippen molar-refractivity contribution in [2.45, 2.75) is 117 Å². The highest BCUT2D eigenvalue weighted by molar-refractivity contribution is 8.14. The van der Waals surface area contributed by atoms with Crippen LogP contribution in [0.5, 0.6) is 0 Å². The van der Waals surface area contributed by atoms with Crippen molar-refractivity contribution in [3.8, 4) is 0 Å². The molecule has 0 aromatic rings. The smallest absolute Gasteiger partial charge is 0.0768 e. The van der Waals surface area contributed by atoms with Gasteiger partial charge in [0.2, 0.25) is 0 Å². The zero-order chi connectivity index (χ0) is 17.3. The van der Waals surface area contributed by atoms with Gasteiger partial charge in [0.25, 0.3) is 0 Å². The topological polar surface area (TPSA) is 6.48 Å². The Bertz CT molecular complexity index is 230. The third kappa shape index (κ3) is 7.46. The average Bonchev–Trinajstić information content (AvgIpc) is 2.54. The molecule has 4 unspecified atom stereocenters. The Morgan fingerprint density at radius 1 is 0.545 bits per heavy atom. The fraction of sp³-hybridized carbons (Fsp3) is 1.00. The first kappa shape index (κ1) is 22.6. The number of hydrogen-bond acceptors (Lipinski definition) is 4. The first-order valence-corrected chi connectivity index (χ1v) is 10.9. The van der Waals surface area contributed by atoms with E-state index in [1.54, 1.807) is 0 Å². The molecule has 0 radical (unpaired) electrons. The molecule has 0 rings (SSSR count). The summed E-state index contributed by atoms with van der Waals surface area (Å²) in [6, 6.07) is 2.57. The van der Waals surface area contributed by atoms with Crippen LogP contribution in [0.3, 0.4) is 0 Å². The summed E-state index contributed by atoms with van der Waals surface area (Å²) in [4.78, 5) is 0. The van der Waals surface area contributed by atoms with E-state index in [-0.39, 0.29) is 0 Å². The molecule has 0 saturated carbocycles. The van der Waals surface area contributed by atoms with E-state index in [4.69, 9.17) is 0 Å². The molecular formula is C18H40N2S2. The molecule has 0 bridgehead atoms. The van der Waals surface area contributed by atoms with Crippen molar-refractivity contribution in [2.24, 2.45) is 0 Å². The lowest BCUT2D eigenvalue weighted by molar-refractivity contribution is 0.285. The second-order valence-corrected chi connectivity index (χ2v) is 9.50. The largest absolute Gasteiger partial charge is 0.244 e. The summed E-state index contributed by atoms with van der Waals surface area (Å²) in [6.45, 7) is 21.0. The Kier molecular flexibility index (Phi) is 12.4. The Morgan fingerprint density at radius 2 is 0.773 bits per heavy atom. The van der Waals surface area contributed by atoms with E-state index >= 15 is 0 Å². The Labute approximate surface area is 149 Å². The predicted molar refractivity (Wildman–Crippen MR) is 107 cm³/mol. The van der Waals surface area contributed by atoms with Crippen molar-refractivity contribution in [1.29, 1.82) is 0 Å².